The molecular weight excluding hydrogens is 370 g/mol. The number of benzene rings is 1. The van der Waals surface area contributed by atoms with Crippen molar-refractivity contribution >= 4 is 17.6 Å². The number of hydrogen-bond donors (Lipinski definition) is 3. The van der Waals surface area contributed by atoms with E-state index in [0.29, 0.717) is 47.0 Å². The molecule has 3 atom stereocenters. The molecule has 1 fully saturated rings. The van der Waals surface area contributed by atoms with Crippen molar-refractivity contribution in [2.24, 2.45) is 11.8 Å². The Morgan fingerprint density at radius 2 is 2.22 bits per heavy atom. The predicted octanol–water partition coefficient (Wildman–Crippen LogP) is 2.77. The monoisotopic (exact) mass is 393 g/mol. The SMILES string of the molecule is CCC[C@H]1CN[C@H](C(=O)O)C[C@H]1CCOc1cccc(Cl)c1-c1nn[nH]n1. The lowest BCUT2D eigenvalue weighted by Gasteiger charge is -2.35. The van der Waals surface area contributed by atoms with E-state index in [-0.39, 0.29) is 0 Å². The fraction of sp³-hybridized carbons (Fsp3) is 0.556. The molecule has 3 rings (SSSR count). The van der Waals surface area contributed by atoms with Crippen LogP contribution in [0.1, 0.15) is 32.6 Å². The number of nitrogens with one attached hydrogen (secondary N) is 2. The highest BCUT2D eigenvalue weighted by Crippen LogP contribution is 2.35. The van der Waals surface area contributed by atoms with Crippen LogP contribution in [-0.4, -0.2) is 50.9 Å². The van der Waals surface area contributed by atoms with Gasteiger partial charge in [-0.25, -0.2) is 0 Å². The number of aromatic nitrogens is 4. The van der Waals surface area contributed by atoms with Gasteiger partial charge in [0.2, 0.25) is 5.82 Å². The summed E-state index contributed by atoms with van der Waals surface area (Å²) in [6.07, 6.45) is 3.57. The zero-order chi connectivity index (χ0) is 19.2. The number of piperidine rings is 1. The second-order valence-corrected chi connectivity index (χ2v) is 7.24. The van der Waals surface area contributed by atoms with Crippen LogP contribution in [0.15, 0.2) is 18.2 Å². The molecule has 0 aliphatic carbocycles. The summed E-state index contributed by atoms with van der Waals surface area (Å²) < 4.78 is 5.99. The summed E-state index contributed by atoms with van der Waals surface area (Å²) in [7, 11) is 0. The molecule has 27 heavy (non-hydrogen) atoms. The highest BCUT2D eigenvalue weighted by molar-refractivity contribution is 6.33. The number of carbonyl (C=O) groups is 1. The number of ether oxygens (including phenoxy) is 1. The van der Waals surface area contributed by atoms with E-state index in [1.807, 2.05) is 12.1 Å². The highest BCUT2D eigenvalue weighted by atomic mass is 35.5. The van der Waals surface area contributed by atoms with Crippen LogP contribution in [0, 0.1) is 11.8 Å². The van der Waals surface area contributed by atoms with Gasteiger partial charge in [-0.15, -0.1) is 10.2 Å². The number of rotatable bonds is 8. The third-order valence-corrected chi connectivity index (χ3v) is 5.39. The van der Waals surface area contributed by atoms with E-state index < -0.39 is 12.0 Å². The van der Waals surface area contributed by atoms with Crippen molar-refractivity contribution in [2.75, 3.05) is 13.2 Å². The Morgan fingerprint density at radius 3 is 2.93 bits per heavy atom. The van der Waals surface area contributed by atoms with Gasteiger partial charge in [-0.2, -0.15) is 5.21 Å². The molecule has 1 aliphatic heterocycles. The second-order valence-electron chi connectivity index (χ2n) is 6.83. The summed E-state index contributed by atoms with van der Waals surface area (Å²) in [6.45, 7) is 3.36. The van der Waals surface area contributed by atoms with E-state index in [2.05, 4.69) is 32.9 Å². The Labute approximate surface area is 162 Å². The van der Waals surface area contributed by atoms with Crippen molar-refractivity contribution in [2.45, 2.75) is 38.6 Å². The quantitative estimate of drug-likeness (QED) is 0.631. The minimum Gasteiger partial charge on any atom is -0.493 e. The molecule has 2 heterocycles. The number of carboxylic acids is 1. The molecule has 3 N–H and O–H groups in total. The number of H-pyrrole nitrogens is 1. The molecule has 9 heteroatoms. The van der Waals surface area contributed by atoms with Crippen LogP contribution in [0.2, 0.25) is 5.02 Å². The minimum atomic E-state index is -0.787. The predicted molar refractivity (Wildman–Crippen MR) is 101 cm³/mol. The maximum absolute atomic E-state index is 11.3. The summed E-state index contributed by atoms with van der Waals surface area (Å²) >= 11 is 6.29. The van der Waals surface area contributed by atoms with Crippen molar-refractivity contribution < 1.29 is 14.6 Å². The fourth-order valence-electron chi connectivity index (χ4n) is 3.72. The van der Waals surface area contributed by atoms with Gasteiger partial charge in [0.1, 0.15) is 11.8 Å². The molecule has 0 unspecified atom stereocenters. The Bertz CT molecular complexity index is 755. The molecule has 1 saturated heterocycles. The average Bonchev–Trinajstić information content (AvgIpc) is 3.17. The molecule has 0 bridgehead atoms. The molecule has 0 radical (unpaired) electrons. The molecule has 146 valence electrons. The smallest absolute Gasteiger partial charge is 0.320 e. The molecule has 1 aliphatic rings. The maximum atomic E-state index is 11.3. The number of carboxylic acid groups (broad SMARTS) is 1. The summed E-state index contributed by atoms with van der Waals surface area (Å²) in [5.41, 5.74) is 0.603. The van der Waals surface area contributed by atoms with Crippen LogP contribution in [0.3, 0.4) is 0 Å². The largest absolute Gasteiger partial charge is 0.493 e. The maximum Gasteiger partial charge on any atom is 0.320 e. The van der Waals surface area contributed by atoms with Crippen LogP contribution in [-0.2, 0) is 4.79 Å². The fourth-order valence-corrected chi connectivity index (χ4v) is 3.97. The van der Waals surface area contributed by atoms with E-state index in [4.69, 9.17) is 16.3 Å². The van der Waals surface area contributed by atoms with Gasteiger partial charge < -0.3 is 15.2 Å². The van der Waals surface area contributed by atoms with Crippen LogP contribution in [0.25, 0.3) is 11.4 Å². The molecule has 1 aromatic carbocycles. The minimum absolute atomic E-state index is 0.306. The van der Waals surface area contributed by atoms with Gasteiger partial charge in [0.05, 0.1) is 17.2 Å². The van der Waals surface area contributed by atoms with Crippen LogP contribution >= 0.6 is 11.6 Å². The Morgan fingerprint density at radius 1 is 1.37 bits per heavy atom. The van der Waals surface area contributed by atoms with Gasteiger partial charge in [0, 0.05) is 0 Å². The normalized spacial score (nSPS) is 22.5. The first-order valence-electron chi connectivity index (χ1n) is 9.21. The lowest BCUT2D eigenvalue weighted by molar-refractivity contribution is -0.141. The summed E-state index contributed by atoms with van der Waals surface area (Å²) in [5, 5.41) is 26.9. The number of halogens is 1. The third-order valence-electron chi connectivity index (χ3n) is 5.08. The molecule has 1 aromatic heterocycles. The van der Waals surface area contributed by atoms with Gasteiger partial charge in [-0.1, -0.05) is 31.0 Å². The van der Waals surface area contributed by atoms with Crippen LogP contribution in [0.5, 0.6) is 5.75 Å². The molecule has 0 spiro atoms. The Balaban J connectivity index is 1.66. The first-order valence-corrected chi connectivity index (χ1v) is 9.59. The Kier molecular flexibility index (Phi) is 6.63. The van der Waals surface area contributed by atoms with Crippen molar-refractivity contribution in [3.05, 3.63) is 23.2 Å². The van der Waals surface area contributed by atoms with Crippen LogP contribution < -0.4 is 10.1 Å². The highest BCUT2D eigenvalue weighted by Gasteiger charge is 2.32. The summed E-state index contributed by atoms with van der Waals surface area (Å²) in [4.78, 5) is 11.3. The van der Waals surface area contributed by atoms with E-state index in [1.54, 1.807) is 6.07 Å². The summed E-state index contributed by atoms with van der Waals surface area (Å²) in [6, 6.07) is 4.90. The zero-order valence-electron chi connectivity index (χ0n) is 15.2. The van der Waals surface area contributed by atoms with E-state index in [1.165, 1.54) is 0 Å². The second kappa shape index (κ2) is 9.14. The molecular formula is C18H24ClN5O3. The number of aliphatic carboxylic acids is 1. The van der Waals surface area contributed by atoms with E-state index in [0.717, 1.165) is 25.8 Å². The molecule has 2 aromatic rings. The molecule has 8 nitrogen and oxygen atoms in total. The number of aromatic amines is 1. The van der Waals surface area contributed by atoms with E-state index >= 15 is 0 Å². The number of nitrogens with zero attached hydrogens (tertiary/aromatic N) is 3. The Hall–Kier alpha value is -2.19. The van der Waals surface area contributed by atoms with Crippen molar-refractivity contribution in [1.82, 2.24) is 25.9 Å². The van der Waals surface area contributed by atoms with E-state index in [9.17, 15) is 9.90 Å². The standard InChI is InChI=1S/C18H24ClN5O3/c1-2-4-12-10-20-14(18(25)26)9-11(12)7-8-27-15-6-3-5-13(19)16(15)17-21-23-24-22-17/h3,5-6,11-12,14,20H,2,4,7-10H2,1H3,(H,25,26)(H,21,22,23,24)/t11-,12+,14+/m1/s1. The van der Waals surface area contributed by atoms with Gasteiger partial charge in [0.25, 0.3) is 0 Å². The first kappa shape index (κ1) is 19.6. The number of tetrazole rings is 1. The van der Waals surface area contributed by atoms with Gasteiger partial charge >= 0.3 is 5.97 Å². The van der Waals surface area contributed by atoms with Crippen LogP contribution in [0.4, 0.5) is 0 Å². The van der Waals surface area contributed by atoms with Gasteiger partial charge in [-0.05, 0) is 55.0 Å². The number of hydrogen-bond acceptors (Lipinski definition) is 6. The van der Waals surface area contributed by atoms with Gasteiger partial charge in [0.15, 0.2) is 0 Å². The average molecular weight is 394 g/mol. The topological polar surface area (TPSA) is 113 Å². The lowest BCUT2D eigenvalue weighted by Crippen LogP contribution is -2.48. The zero-order valence-corrected chi connectivity index (χ0v) is 15.9. The first-order chi connectivity index (χ1) is 13.1. The van der Waals surface area contributed by atoms with Crippen molar-refractivity contribution in [3.8, 4) is 17.1 Å². The lowest BCUT2D eigenvalue weighted by atomic mass is 9.79. The van der Waals surface area contributed by atoms with Gasteiger partial charge in [-0.3, -0.25) is 4.79 Å². The molecule has 0 saturated carbocycles. The molecule has 0 amide bonds. The van der Waals surface area contributed by atoms with Crippen molar-refractivity contribution in [3.63, 3.8) is 0 Å². The summed E-state index contributed by atoms with van der Waals surface area (Å²) in [5.74, 6) is 0.961. The van der Waals surface area contributed by atoms with Crippen molar-refractivity contribution in [1.29, 1.82) is 0 Å². The third kappa shape index (κ3) is 4.75.